The Bertz CT molecular complexity index is 258. The molecule has 1 rings (SSSR count). The summed E-state index contributed by atoms with van der Waals surface area (Å²) < 4.78 is 0. The van der Waals surface area contributed by atoms with Crippen LogP contribution in [-0.2, 0) is 14.4 Å². The quantitative estimate of drug-likeness (QED) is 0.285. The Morgan fingerprint density at radius 2 is 1.80 bits per heavy atom. The van der Waals surface area contributed by atoms with Crippen LogP contribution in [0.2, 0.25) is 0 Å². The lowest BCUT2D eigenvalue weighted by Gasteiger charge is -1.95. The lowest BCUT2D eigenvalue weighted by molar-refractivity contribution is -0.131. The predicted octanol–water partition coefficient (Wildman–Crippen LogP) is -0.180. The van der Waals surface area contributed by atoms with Crippen LogP contribution in [0, 0.1) is 0 Å². The lowest BCUT2D eigenvalue weighted by atomic mass is 10.1. The molecule has 0 fully saturated rings. The van der Waals surface area contributed by atoms with Gasteiger partial charge in [-0.1, -0.05) is 0 Å². The number of ketones is 2. The molecule has 1 aliphatic carbocycles. The van der Waals surface area contributed by atoms with Gasteiger partial charge in [0.1, 0.15) is 6.29 Å². The fourth-order valence-corrected chi connectivity index (χ4v) is 0.598. The van der Waals surface area contributed by atoms with E-state index in [4.69, 9.17) is 0 Å². The minimum atomic E-state index is -0.635. The van der Waals surface area contributed by atoms with Crippen molar-refractivity contribution in [2.24, 2.45) is 0 Å². The van der Waals surface area contributed by atoms with Gasteiger partial charge in [-0.15, -0.1) is 0 Å². The summed E-state index contributed by atoms with van der Waals surface area (Å²) in [5, 5.41) is 0. The van der Waals surface area contributed by atoms with E-state index >= 15 is 0 Å². The highest BCUT2D eigenvalue weighted by Gasteiger charge is 2.11. The van der Waals surface area contributed by atoms with Crippen molar-refractivity contribution in [3.05, 3.63) is 23.8 Å². The highest BCUT2D eigenvalue weighted by Crippen LogP contribution is 2.00. The zero-order valence-electron chi connectivity index (χ0n) is 5.03. The molecule has 0 unspecified atom stereocenters. The number of carbonyl (C=O) groups is 3. The topological polar surface area (TPSA) is 51.2 Å². The number of rotatable bonds is 1. The monoisotopic (exact) mass is 136 g/mol. The number of hydrogen-bond acceptors (Lipinski definition) is 3. The number of carbonyl (C=O) groups excluding carboxylic acids is 3. The number of aldehydes is 1. The van der Waals surface area contributed by atoms with Gasteiger partial charge in [-0.2, -0.15) is 0 Å². The fourth-order valence-electron chi connectivity index (χ4n) is 0.598. The summed E-state index contributed by atoms with van der Waals surface area (Å²) in [4.78, 5) is 31.0. The average molecular weight is 136 g/mol. The summed E-state index contributed by atoms with van der Waals surface area (Å²) in [5.41, 5.74) is 0.240. The molecule has 0 amide bonds. The van der Waals surface area contributed by atoms with Crippen LogP contribution in [0.15, 0.2) is 23.8 Å². The van der Waals surface area contributed by atoms with E-state index in [1.807, 2.05) is 0 Å². The van der Waals surface area contributed by atoms with E-state index in [1.165, 1.54) is 6.08 Å². The van der Waals surface area contributed by atoms with Gasteiger partial charge in [-0.25, -0.2) is 0 Å². The van der Waals surface area contributed by atoms with Gasteiger partial charge < -0.3 is 0 Å². The van der Waals surface area contributed by atoms with Crippen LogP contribution in [0.1, 0.15) is 0 Å². The van der Waals surface area contributed by atoms with Crippen LogP contribution < -0.4 is 0 Å². The van der Waals surface area contributed by atoms with Gasteiger partial charge in [-0.3, -0.25) is 14.4 Å². The Morgan fingerprint density at radius 1 is 1.10 bits per heavy atom. The van der Waals surface area contributed by atoms with Crippen molar-refractivity contribution in [3.63, 3.8) is 0 Å². The van der Waals surface area contributed by atoms with Crippen molar-refractivity contribution in [1.82, 2.24) is 0 Å². The smallest absolute Gasteiger partial charge is 0.226 e. The molecule has 0 saturated heterocycles. The van der Waals surface area contributed by atoms with Crippen molar-refractivity contribution in [2.45, 2.75) is 0 Å². The van der Waals surface area contributed by atoms with Crippen LogP contribution in [0.25, 0.3) is 0 Å². The van der Waals surface area contributed by atoms with Crippen LogP contribution in [0.3, 0.4) is 0 Å². The maximum atomic E-state index is 10.5. The molecule has 0 aromatic rings. The van der Waals surface area contributed by atoms with Crippen LogP contribution >= 0.6 is 0 Å². The third kappa shape index (κ3) is 1.07. The third-order valence-electron chi connectivity index (χ3n) is 1.10. The van der Waals surface area contributed by atoms with E-state index in [1.54, 1.807) is 0 Å². The molecular formula is C7H4O3. The molecule has 50 valence electrons. The minimum absolute atomic E-state index is 0.240. The number of hydrogen-bond donors (Lipinski definition) is 0. The summed E-state index contributed by atoms with van der Waals surface area (Å²) in [6.07, 6.45) is 3.96. The average Bonchev–Trinajstić information content (AvgIpc) is 1.95. The molecule has 0 bridgehead atoms. The van der Waals surface area contributed by atoms with E-state index in [0.717, 1.165) is 12.2 Å². The van der Waals surface area contributed by atoms with E-state index in [9.17, 15) is 14.4 Å². The first kappa shape index (κ1) is 6.61. The first-order valence-corrected chi connectivity index (χ1v) is 2.67. The second-order valence-electron chi connectivity index (χ2n) is 1.82. The summed E-state index contributed by atoms with van der Waals surface area (Å²) in [5.74, 6) is -1.21. The van der Waals surface area contributed by atoms with Gasteiger partial charge in [0.2, 0.25) is 11.6 Å². The Hall–Kier alpha value is -1.51. The first-order valence-electron chi connectivity index (χ1n) is 2.67. The second-order valence-corrected chi connectivity index (χ2v) is 1.82. The molecule has 0 heterocycles. The highest BCUT2D eigenvalue weighted by atomic mass is 16.2. The first-order chi connectivity index (χ1) is 4.74. The summed E-state index contributed by atoms with van der Waals surface area (Å²) in [6.45, 7) is 0. The minimum Gasteiger partial charge on any atom is -0.298 e. The van der Waals surface area contributed by atoms with Gasteiger partial charge in [0.25, 0.3) is 0 Å². The van der Waals surface area contributed by atoms with Crippen molar-refractivity contribution >= 4 is 17.9 Å². The van der Waals surface area contributed by atoms with E-state index in [0.29, 0.717) is 6.29 Å². The largest absolute Gasteiger partial charge is 0.298 e. The molecule has 3 heteroatoms. The molecule has 0 aromatic carbocycles. The van der Waals surface area contributed by atoms with Crippen molar-refractivity contribution in [3.8, 4) is 0 Å². The molecular weight excluding hydrogens is 132 g/mol. The van der Waals surface area contributed by atoms with Crippen LogP contribution in [-0.4, -0.2) is 17.9 Å². The maximum Gasteiger partial charge on any atom is 0.226 e. The Kier molecular flexibility index (Phi) is 1.58. The molecule has 0 saturated carbocycles. The summed E-state index contributed by atoms with van der Waals surface area (Å²) >= 11 is 0. The molecule has 0 aromatic heterocycles. The highest BCUT2D eigenvalue weighted by molar-refractivity contribution is 6.47. The van der Waals surface area contributed by atoms with Crippen LogP contribution in [0.5, 0.6) is 0 Å². The zero-order valence-corrected chi connectivity index (χ0v) is 5.03. The Labute approximate surface area is 57.0 Å². The summed E-state index contributed by atoms with van der Waals surface area (Å²) in [6, 6.07) is 0. The predicted molar refractivity (Wildman–Crippen MR) is 33.3 cm³/mol. The fraction of sp³-hybridized carbons (Fsp3) is 0. The molecule has 0 spiro atoms. The molecule has 0 radical (unpaired) electrons. The molecule has 1 aliphatic rings. The molecule has 0 atom stereocenters. The second kappa shape index (κ2) is 2.39. The SMILES string of the molecule is O=CC1=CC(=O)C(=O)C=C1. The number of allylic oxidation sites excluding steroid dienone is 4. The van der Waals surface area contributed by atoms with E-state index in [2.05, 4.69) is 0 Å². The standard InChI is InChI=1S/C7H4O3/c8-4-5-1-2-6(9)7(10)3-5/h1-4H. The normalized spacial score (nSPS) is 17.0. The molecule has 3 nitrogen and oxygen atoms in total. The van der Waals surface area contributed by atoms with Crippen molar-refractivity contribution in [1.29, 1.82) is 0 Å². The lowest BCUT2D eigenvalue weighted by Crippen LogP contribution is -2.11. The van der Waals surface area contributed by atoms with Gasteiger partial charge in [0.15, 0.2) is 0 Å². The molecule has 0 aliphatic heterocycles. The van der Waals surface area contributed by atoms with Gasteiger partial charge in [0, 0.05) is 11.6 Å². The van der Waals surface area contributed by atoms with E-state index in [-0.39, 0.29) is 5.57 Å². The molecule has 0 N–H and O–H groups in total. The van der Waals surface area contributed by atoms with Crippen LogP contribution in [0.4, 0.5) is 0 Å². The summed E-state index contributed by atoms with van der Waals surface area (Å²) in [7, 11) is 0. The molecule has 10 heavy (non-hydrogen) atoms. The zero-order chi connectivity index (χ0) is 7.56. The van der Waals surface area contributed by atoms with Crippen molar-refractivity contribution < 1.29 is 14.4 Å². The Morgan fingerprint density at radius 3 is 2.30 bits per heavy atom. The van der Waals surface area contributed by atoms with Gasteiger partial charge in [-0.05, 0) is 12.2 Å². The van der Waals surface area contributed by atoms with Crippen molar-refractivity contribution in [2.75, 3.05) is 0 Å². The van der Waals surface area contributed by atoms with Gasteiger partial charge in [0.05, 0.1) is 0 Å². The maximum absolute atomic E-state index is 10.5. The Balaban J connectivity index is 2.96. The van der Waals surface area contributed by atoms with Gasteiger partial charge >= 0.3 is 0 Å². The third-order valence-corrected chi connectivity index (χ3v) is 1.10. The van der Waals surface area contributed by atoms with E-state index < -0.39 is 11.6 Å².